The van der Waals surface area contributed by atoms with Crippen LogP contribution in [0.1, 0.15) is 156 Å². The Balaban J connectivity index is 1.59. The summed E-state index contributed by atoms with van der Waals surface area (Å²) < 4.78 is 75.8. The molecule has 12 unspecified atom stereocenters. The molecule has 0 aromatic heterocycles. The number of hydrogen-bond acceptors (Lipinski definition) is 22. The Hall–Kier alpha value is -5.55. The summed E-state index contributed by atoms with van der Waals surface area (Å²) in [5.41, 5.74) is 0.428. The van der Waals surface area contributed by atoms with Crippen molar-refractivity contribution in [2.45, 2.75) is 233 Å². The van der Waals surface area contributed by atoms with Gasteiger partial charge in [0.1, 0.15) is 77.1 Å². The van der Waals surface area contributed by atoms with Crippen molar-refractivity contribution in [3.05, 3.63) is 45.6 Å². The van der Waals surface area contributed by atoms with Crippen LogP contribution in [0.3, 0.4) is 0 Å². The van der Waals surface area contributed by atoms with Crippen molar-refractivity contribution < 1.29 is 101 Å². The second-order valence-electron chi connectivity index (χ2n) is 25.9. The molecular weight excluding hydrogens is 1150 g/mol. The normalized spacial score (nSPS) is 23.5. The van der Waals surface area contributed by atoms with E-state index < -0.39 is 121 Å². The summed E-state index contributed by atoms with van der Waals surface area (Å²) in [6, 6.07) is -3.03. The van der Waals surface area contributed by atoms with Crippen molar-refractivity contribution in [2.24, 2.45) is 5.92 Å². The van der Waals surface area contributed by atoms with Gasteiger partial charge in [0.05, 0.1) is 51.2 Å². The molecular formula is C62H103N5O21. The first kappa shape index (κ1) is 74.9. The number of alkyl carbamates (subject to hydrolysis) is 4. The van der Waals surface area contributed by atoms with Crippen LogP contribution in [-0.4, -0.2) is 197 Å². The van der Waals surface area contributed by atoms with E-state index in [2.05, 4.69) is 39.6 Å². The van der Waals surface area contributed by atoms with Gasteiger partial charge in [-0.3, -0.25) is 0 Å². The Morgan fingerprint density at radius 2 is 1.47 bits per heavy atom. The maximum Gasteiger partial charge on any atom is 0.408 e. The average Bonchev–Trinajstić information content (AvgIpc) is 4.02. The van der Waals surface area contributed by atoms with E-state index in [9.17, 15) is 39.3 Å². The van der Waals surface area contributed by atoms with Crippen molar-refractivity contribution in [1.29, 1.82) is 0 Å². The Kier molecular flexibility index (Phi) is 29.0. The fraction of sp³-hybridized carbons (Fsp3) is 0.758. The Bertz CT molecular complexity index is 2500. The van der Waals surface area contributed by atoms with Gasteiger partial charge in [0.25, 0.3) is 0 Å². The number of nitrogens with one attached hydrogen (secondary N) is 5. The SMILES string of the molecule is CCC(NC(=O)OC/C=C(\C)CC(C)C/C(C)=C/Cc1c(OC)c(C)c2c(c1OCOCCOC)C(=O)OC2)C(OC1OCC(C)(O)C(NC)C1O)C(O)C(CNC(=O)OC(C)(C)C)OC1OC(CNC(=O)OC(C)(C)C)CCC1NC(=O)OC(C)(C)C. The number of allylic oxidation sites excluding steroid dienone is 3. The maximum absolute atomic E-state index is 13.9. The Morgan fingerprint density at radius 3 is 2.07 bits per heavy atom. The minimum atomic E-state index is -1.83. The van der Waals surface area contributed by atoms with E-state index in [1.165, 1.54) is 6.92 Å². The van der Waals surface area contributed by atoms with E-state index in [4.69, 9.17) is 61.6 Å². The topological polar surface area (TPSA) is 326 Å². The lowest BCUT2D eigenvalue weighted by atomic mass is 9.89. The standard InChI is InChI=1S/C62H103N5O21/c1-19-42(66-57(73)79-25-24-36(3)29-37(4)28-35(2)20-22-40-48(77-18)38(5)41-32-80-52(70)45(41)49(40)82-34-78-27-26-76-17)50(85-54-47(69)51(63-16)62(15,75)33-81-54)46(68)44(31-65-56(72)87-60(9,10)11)84-53-43(67-58(74)88-61(12,13)14)23-21-39(83-53)30-64-55(71)86-59(6,7)8/h20,24,37,39,42-44,46-47,50-51,53-54,63,68-69,75H,19,21-23,25-34H2,1-18H3,(H,64,71)(H,65,72)(H,66,73)(H,67,74)/b35-20+,36-24+. The molecule has 2 fully saturated rings. The zero-order valence-electron chi connectivity index (χ0n) is 55.1. The van der Waals surface area contributed by atoms with Gasteiger partial charge in [-0.15, -0.1) is 0 Å². The number of methoxy groups -OCH3 is 2. The Labute approximate surface area is 519 Å². The molecule has 12 atom stereocenters. The zero-order chi connectivity index (χ0) is 65.9. The van der Waals surface area contributed by atoms with Crippen LogP contribution in [-0.2, 0) is 65.1 Å². The highest BCUT2D eigenvalue weighted by Crippen LogP contribution is 2.43. The number of carbonyl (C=O) groups is 5. The van der Waals surface area contributed by atoms with Gasteiger partial charge in [-0.1, -0.05) is 31.1 Å². The molecule has 3 aliphatic heterocycles. The van der Waals surface area contributed by atoms with E-state index >= 15 is 0 Å². The summed E-state index contributed by atoms with van der Waals surface area (Å²) in [7, 11) is 4.69. The predicted molar refractivity (Wildman–Crippen MR) is 323 cm³/mol. The molecule has 502 valence electrons. The fourth-order valence-electron chi connectivity index (χ4n) is 10.5. The third-order valence-electron chi connectivity index (χ3n) is 14.5. The van der Waals surface area contributed by atoms with Gasteiger partial charge in [-0.25, -0.2) is 24.0 Å². The molecule has 1 aromatic carbocycles. The van der Waals surface area contributed by atoms with Crippen LogP contribution in [0, 0.1) is 12.8 Å². The van der Waals surface area contributed by atoms with Crippen LogP contribution < -0.4 is 36.1 Å². The number of amides is 4. The molecule has 3 heterocycles. The van der Waals surface area contributed by atoms with Crippen molar-refractivity contribution in [2.75, 3.05) is 67.6 Å². The summed E-state index contributed by atoms with van der Waals surface area (Å²) in [6.45, 7) is 26.2. The maximum atomic E-state index is 13.9. The molecule has 0 spiro atoms. The number of ether oxygens (including phenoxy) is 13. The number of fused-ring (bicyclic) bond motifs is 1. The van der Waals surface area contributed by atoms with E-state index in [-0.39, 0.29) is 51.9 Å². The largest absolute Gasteiger partial charge is 0.496 e. The fourth-order valence-corrected chi connectivity index (χ4v) is 10.5. The second-order valence-corrected chi connectivity index (χ2v) is 25.9. The number of cyclic esters (lactones) is 1. The van der Waals surface area contributed by atoms with Crippen molar-refractivity contribution in [1.82, 2.24) is 26.6 Å². The monoisotopic (exact) mass is 1250 g/mol. The summed E-state index contributed by atoms with van der Waals surface area (Å²) >= 11 is 0. The van der Waals surface area contributed by atoms with E-state index in [0.717, 1.165) is 16.7 Å². The molecule has 8 N–H and O–H groups in total. The summed E-state index contributed by atoms with van der Waals surface area (Å²) in [4.78, 5) is 66.3. The summed E-state index contributed by atoms with van der Waals surface area (Å²) in [5, 5.41) is 49.5. The van der Waals surface area contributed by atoms with Crippen molar-refractivity contribution in [3.63, 3.8) is 0 Å². The van der Waals surface area contributed by atoms with Crippen LogP contribution in [0.4, 0.5) is 19.2 Å². The van der Waals surface area contributed by atoms with Crippen LogP contribution in [0.2, 0.25) is 0 Å². The molecule has 0 saturated carbocycles. The van der Waals surface area contributed by atoms with Crippen molar-refractivity contribution in [3.8, 4) is 11.5 Å². The number of carbonyl (C=O) groups excluding carboxylic acids is 5. The van der Waals surface area contributed by atoms with Gasteiger partial charge >= 0.3 is 30.3 Å². The molecule has 26 nitrogen and oxygen atoms in total. The molecule has 0 radical (unpaired) electrons. The van der Waals surface area contributed by atoms with Gasteiger partial charge < -0.3 is 103 Å². The van der Waals surface area contributed by atoms with Crippen LogP contribution >= 0.6 is 0 Å². The highest BCUT2D eigenvalue weighted by atomic mass is 16.7. The number of rotatable bonds is 30. The summed E-state index contributed by atoms with van der Waals surface area (Å²) in [5.74, 6) is 0.642. The van der Waals surface area contributed by atoms with Gasteiger partial charge in [-0.2, -0.15) is 0 Å². The molecule has 4 rings (SSSR count). The van der Waals surface area contributed by atoms with E-state index in [1.807, 2.05) is 20.8 Å². The molecule has 88 heavy (non-hydrogen) atoms. The third kappa shape index (κ3) is 24.0. The first-order chi connectivity index (χ1) is 41.1. The Morgan fingerprint density at radius 1 is 0.841 bits per heavy atom. The molecule has 3 aliphatic rings. The lowest BCUT2D eigenvalue weighted by Gasteiger charge is -2.46. The van der Waals surface area contributed by atoms with Gasteiger partial charge in [0.15, 0.2) is 19.4 Å². The van der Waals surface area contributed by atoms with E-state index in [0.29, 0.717) is 67.1 Å². The number of benzene rings is 1. The van der Waals surface area contributed by atoms with Crippen LogP contribution in [0.5, 0.6) is 11.5 Å². The molecule has 2 saturated heterocycles. The van der Waals surface area contributed by atoms with E-state index in [1.54, 1.807) is 96.6 Å². The third-order valence-corrected chi connectivity index (χ3v) is 14.5. The molecule has 26 heteroatoms. The van der Waals surface area contributed by atoms with Gasteiger partial charge in [-0.05, 0) is 153 Å². The number of hydrogen-bond donors (Lipinski definition) is 8. The highest BCUT2D eigenvalue weighted by Gasteiger charge is 2.49. The zero-order valence-corrected chi connectivity index (χ0v) is 55.1. The summed E-state index contributed by atoms with van der Waals surface area (Å²) in [6.07, 6.45) is -7.02. The van der Waals surface area contributed by atoms with Crippen molar-refractivity contribution >= 4 is 30.3 Å². The lowest BCUT2D eigenvalue weighted by Crippen LogP contribution is -2.67. The molecule has 0 aliphatic carbocycles. The smallest absolute Gasteiger partial charge is 0.408 e. The van der Waals surface area contributed by atoms with Crippen LogP contribution in [0.25, 0.3) is 0 Å². The van der Waals surface area contributed by atoms with Gasteiger partial charge in [0, 0.05) is 31.3 Å². The van der Waals surface area contributed by atoms with Gasteiger partial charge in [0.2, 0.25) is 0 Å². The highest BCUT2D eigenvalue weighted by molar-refractivity contribution is 5.98. The minimum Gasteiger partial charge on any atom is -0.496 e. The molecule has 4 amide bonds. The first-order valence-electron chi connectivity index (χ1n) is 30.2. The lowest BCUT2D eigenvalue weighted by molar-refractivity contribution is -0.301. The number of likely N-dealkylation sites (N-methyl/N-ethyl adjacent to an activating group) is 1. The number of esters is 1. The molecule has 1 aromatic rings. The quantitative estimate of drug-likeness (QED) is 0.0131. The minimum absolute atomic E-state index is 0.0365. The number of aliphatic hydroxyl groups is 3. The van der Waals surface area contributed by atoms with Crippen LogP contribution in [0.15, 0.2) is 23.3 Å². The first-order valence-corrected chi connectivity index (χ1v) is 30.2. The predicted octanol–water partition coefficient (Wildman–Crippen LogP) is 6.66. The molecule has 0 bridgehead atoms. The second kappa shape index (κ2) is 34.0. The average molecular weight is 1250 g/mol. The number of aliphatic hydroxyl groups excluding tert-OH is 2.